The van der Waals surface area contributed by atoms with Gasteiger partial charge >= 0.3 is 6.09 Å². The van der Waals surface area contributed by atoms with Crippen molar-refractivity contribution >= 4 is 19.4 Å². The lowest BCUT2D eigenvalue weighted by Crippen LogP contribution is -2.41. The Morgan fingerprint density at radius 3 is 2.50 bits per heavy atom. The Morgan fingerprint density at radius 1 is 1.23 bits per heavy atom. The summed E-state index contributed by atoms with van der Waals surface area (Å²) in [5, 5.41) is 0. The van der Waals surface area contributed by atoms with Crippen LogP contribution in [0.25, 0.3) is 0 Å². The van der Waals surface area contributed by atoms with E-state index in [1.807, 2.05) is 20.8 Å². The number of nitrogens with zero attached hydrogens (tertiary/aromatic N) is 1. The van der Waals surface area contributed by atoms with E-state index in [9.17, 15) is 13.6 Å². The topological polar surface area (TPSA) is 38.8 Å². The van der Waals surface area contributed by atoms with Gasteiger partial charge in [0.05, 0.1) is 6.61 Å². The van der Waals surface area contributed by atoms with Crippen molar-refractivity contribution in [3.8, 4) is 5.75 Å². The lowest BCUT2D eigenvalue weighted by atomic mass is 9.92. The Hall–Kier alpha value is -1.79. The summed E-state index contributed by atoms with van der Waals surface area (Å²) >= 11 is 0. The molecule has 1 aliphatic heterocycles. The van der Waals surface area contributed by atoms with E-state index in [1.54, 1.807) is 4.90 Å². The van der Waals surface area contributed by atoms with Crippen LogP contribution in [-0.2, 0) is 4.74 Å². The molecule has 0 saturated carbocycles. The standard InChI is InChI=1S/C19H28BF2NO3/c1-19(2,3)26-18(24)23-10-8-13(9-11-23)5-4-12-25-15-7-6-14(20)16(21)17(15)22/h6-7,13H,4-5,8-12,20H2,1-3H3. The van der Waals surface area contributed by atoms with Gasteiger partial charge in [-0.25, -0.2) is 9.18 Å². The summed E-state index contributed by atoms with van der Waals surface area (Å²) in [6.07, 6.45) is 3.31. The first-order valence-corrected chi connectivity index (χ1v) is 9.22. The number of hydrogen-bond donors (Lipinski definition) is 0. The van der Waals surface area contributed by atoms with Gasteiger partial charge in [-0.3, -0.25) is 0 Å². The van der Waals surface area contributed by atoms with Crippen molar-refractivity contribution in [1.29, 1.82) is 0 Å². The normalized spacial score (nSPS) is 15.8. The van der Waals surface area contributed by atoms with E-state index in [0.29, 0.717) is 25.6 Å². The van der Waals surface area contributed by atoms with Crippen molar-refractivity contribution < 1.29 is 23.0 Å². The first-order valence-electron chi connectivity index (χ1n) is 9.22. The molecule has 7 heteroatoms. The SMILES string of the molecule is Bc1ccc(OCCCC2CCN(C(=O)OC(C)(C)C)CC2)c(F)c1F. The minimum atomic E-state index is -0.921. The molecule has 1 aliphatic rings. The van der Waals surface area contributed by atoms with E-state index >= 15 is 0 Å². The minimum absolute atomic E-state index is 0.0344. The Morgan fingerprint density at radius 2 is 1.88 bits per heavy atom. The van der Waals surface area contributed by atoms with Crippen LogP contribution < -0.4 is 10.2 Å². The summed E-state index contributed by atoms with van der Waals surface area (Å²) in [5.41, 5.74) is -0.206. The molecule has 0 spiro atoms. The van der Waals surface area contributed by atoms with Crippen LogP contribution >= 0.6 is 0 Å². The molecule has 0 bridgehead atoms. The highest BCUT2D eigenvalue weighted by molar-refractivity contribution is 6.32. The molecule has 144 valence electrons. The molecule has 4 nitrogen and oxygen atoms in total. The van der Waals surface area contributed by atoms with Crippen LogP contribution in [0.3, 0.4) is 0 Å². The van der Waals surface area contributed by atoms with E-state index < -0.39 is 17.2 Å². The van der Waals surface area contributed by atoms with Crippen molar-refractivity contribution in [1.82, 2.24) is 4.90 Å². The van der Waals surface area contributed by atoms with Crippen molar-refractivity contribution in [2.24, 2.45) is 5.92 Å². The summed E-state index contributed by atoms with van der Waals surface area (Å²) < 4.78 is 38.0. The fraction of sp³-hybridized carbons (Fsp3) is 0.632. The lowest BCUT2D eigenvalue weighted by molar-refractivity contribution is 0.0179. The number of benzene rings is 1. The monoisotopic (exact) mass is 367 g/mol. The third-order valence-electron chi connectivity index (χ3n) is 4.52. The highest BCUT2D eigenvalue weighted by atomic mass is 19.2. The highest BCUT2D eigenvalue weighted by Gasteiger charge is 2.26. The molecule has 0 radical (unpaired) electrons. The summed E-state index contributed by atoms with van der Waals surface area (Å²) in [6, 6.07) is 2.98. The lowest BCUT2D eigenvalue weighted by Gasteiger charge is -2.33. The predicted octanol–water partition coefficient (Wildman–Crippen LogP) is 3.03. The van der Waals surface area contributed by atoms with E-state index in [4.69, 9.17) is 9.47 Å². The zero-order valence-electron chi connectivity index (χ0n) is 16.1. The van der Waals surface area contributed by atoms with Crippen molar-refractivity contribution in [3.05, 3.63) is 23.8 Å². The Balaban J connectivity index is 1.68. The van der Waals surface area contributed by atoms with Crippen LogP contribution in [0.1, 0.15) is 46.5 Å². The zero-order valence-corrected chi connectivity index (χ0v) is 16.1. The average Bonchev–Trinajstić information content (AvgIpc) is 2.57. The van der Waals surface area contributed by atoms with Crippen LogP contribution in [0.2, 0.25) is 0 Å². The van der Waals surface area contributed by atoms with Gasteiger partial charge in [0.25, 0.3) is 0 Å². The number of likely N-dealkylation sites (tertiary alicyclic amines) is 1. The van der Waals surface area contributed by atoms with Crippen LogP contribution in [0.5, 0.6) is 5.75 Å². The number of rotatable bonds is 5. The Kier molecular flexibility index (Phi) is 6.90. The molecule has 2 rings (SSSR count). The van der Waals surface area contributed by atoms with Gasteiger partial charge in [0.1, 0.15) is 13.4 Å². The summed E-state index contributed by atoms with van der Waals surface area (Å²) in [4.78, 5) is 13.8. The van der Waals surface area contributed by atoms with Gasteiger partial charge in [-0.05, 0) is 58.4 Å². The van der Waals surface area contributed by atoms with Gasteiger partial charge in [-0.15, -0.1) is 0 Å². The minimum Gasteiger partial charge on any atom is -0.490 e. The molecule has 1 saturated heterocycles. The van der Waals surface area contributed by atoms with Gasteiger partial charge < -0.3 is 14.4 Å². The van der Waals surface area contributed by atoms with E-state index in [1.165, 1.54) is 20.0 Å². The zero-order chi connectivity index (χ0) is 19.3. The third-order valence-corrected chi connectivity index (χ3v) is 4.52. The average molecular weight is 367 g/mol. The van der Waals surface area contributed by atoms with E-state index in [-0.39, 0.29) is 17.3 Å². The maximum absolute atomic E-state index is 13.7. The molecule has 0 N–H and O–H groups in total. The predicted molar refractivity (Wildman–Crippen MR) is 99.8 cm³/mol. The molecule has 0 atom stereocenters. The molecular formula is C19H28BF2NO3. The molecule has 1 aromatic carbocycles. The van der Waals surface area contributed by atoms with Crippen molar-refractivity contribution in [3.63, 3.8) is 0 Å². The maximum Gasteiger partial charge on any atom is 0.410 e. The van der Waals surface area contributed by atoms with Crippen LogP contribution in [0.15, 0.2) is 12.1 Å². The van der Waals surface area contributed by atoms with Crippen molar-refractivity contribution in [2.75, 3.05) is 19.7 Å². The van der Waals surface area contributed by atoms with Gasteiger partial charge in [0, 0.05) is 13.1 Å². The number of halogens is 2. The molecule has 26 heavy (non-hydrogen) atoms. The number of ether oxygens (including phenoxy) is 2. The summed E-state index contributed by atoms with van der Waals surface area (Å²) in [6.45, 7) is 7.32. The molecule has 0 aliphatic carbocycles. The smallest absolute Gasteiger partial charge is 0.410 e. The number of amides is 1. The van der Waals surface area contributed by atoms with Gasteiger partial charge in [0.2, 0.25) is 0 Å². The quantitative estimate of drug-likeness (QED) is 0.593. The fourth-order valence-electron chi connectivity index (χ4n) is 3.02. The van der Waals surface area contributed by atoms with Crippen LogP contribution in [0, 0.1) is 17.6 Å². The summed E-state index contributed by atoms with van der Waals surface area (Å²) in [7, 11) is 1.52. The molecule has 1 heterocycles. The highest BCUT2D eigenvalue weighted by Crippen LogP contribution is 2.24. The largest absolute Gasteiger partial charge is 0.490 e. The molecular weight excluding hydrogens is 339 g/mol. The molecule has 0 unspecified atom stereocenters. The second-order valence-electron chi connectivity index (χ2n) is 7.91. The molecule has 1 amide bonds. The fourth-order valence-corrected chi connectivity index (χ4v) is 3.02. The Bertz CT molecular complexity index is 626. The third kappa shape index (κ3) is 5.89. The second-order valence-corrected chi connectivity index (χ2v) is 7.91. The van der Waals surface area contributed by atoms with Crippen LogP contribution in [0.4, 0.5) is 13.6 Å². The molecule has 1 fully saturated rings. The summed E-state index contributed by atoms with van der Waals surface area (Å²) in [5.74, 6) is -1.29. The number of hydrogen-bond acceptors (Lipinski definition) is 3. The molecule has 1 aromatic rings. The number of carbonyl (C=O) groups is 1. The van der Waals surface area contributed by atoms with Crippen LogP contribution in [-0.4, -0.2) is 44.1 Å². The first kappa shape index (κ1) is 20.5. The number of carbonyl (C=O) groups excluding carboxylic acids is 1. The van der Waals surface area contributed by atoms with Gasteiger partial charge in [-0.2, -0.15) is 4.39 Å². The van der Waals surface area contributed by atoms with E-state index in [2.05, 4.69) is 0 Å². The Labute approximate surface area is 155 Å². The second kappa shape index (κ2) is 8.74. The van der Waals surface area contributed by atoms with Gasteiger partial charge in [0.15, 0.2) is 17.4 Å². The van der Waals surface area contributed by atoms with Crippen molar-refractivity contribution in [2.45, 2.75) is 52.1 Å². The maximum atomic E-state index is 13.7. The number of piperidine rings is 1. The van der Waals surface area contributed by atoms with Gasteiger partial charge in [-0.1, -0.05) is 11.5 Å². The van der Waals surface area contributed by atoms with E-state index in [0.717, 1.165) is 25.7 Å². The molecule has 0 aromatic heterocycles. The first-order chi connectivity index (χ1) is 12.2.